The zero-order valence-electron chi connectivity index (χ0n) is 12.7. The topological polar surface area (TPSA) is 72.2 Å². The lowest BCUT2D eigenvalue weighted by molar-refractivity contribution is 0.597. The number of rotatable bonds is 7. The first-order valence-electron chi connectivity index (χ1n) is 7.10. The summed E-state index contributed by atoms with van der Waals surface area (Å²) in [7, 11) is -3.60. The van der Waals surface area contributed by atoms with Crippen LogP contribution in [0.3, 0.4) is 0 Å². The third-order valence-corrected chi connectivity index (χ3v) is 4.14. The van der Waals surface area contributed by atoms with Gasteiger partial charge in [-0.05, 0) is 36.2 Å². The molecule has 0 saturated heterocycles. The fourth-order valence-corrected chi connectivity index (χ4v) is 2.54. The van der Waals surface area contributed by atoms with Crippen molar-refractivity contribution in [3.63, 3.8) is 0 Å². The van der Waals surface area contributed by atoms with Crippen molar-refractivity contribution in [3.05, 3.63) is 71.8 Å². The molecule has 0 saturated carbocycles. The number of halogens is 1. The van der Waals surface area contributed by atoms with Gasteiger partial charge in [0.15, 0.2) is 0 Å². The first-order valence-corrected chi connectivity index (χ1v) is 8.64. The van der Waals surface area contributed by atoms with Crippen LogP contribution >= 0.6 is 12.4 Å². The van der Waals surface area contributed by atoms with Crippen molar-refractivity contribution in [2.45, 2.75) is 11.3 Å². The fourth-order valence-electron chi connectivity index (χ4n) is 2.02. The maximum atomic E-state index is 11.2. The summed E-state index contributed by atoms with van der Waals surface area (Å²) in [6, 6.07) is 16.8. The third-order valence-electron chi connectivity index (χ3n) is 3.21. The van der Waals surface area contributed by atoms with Crippen LogP contribution in [0.25, 0.3) is 6.08 Å². The lowest BCUT2D eigenvalue weighted by Crippen LogP contribution is -2.17. The first kappa shape index (κ1) is 19.4. The van der Waals surface area contributed by atoms with Crippen molar-refractivity contribution >= 4 is 28.5 Å². The molecule has 0 aliphatic rings. The molecular weight excluding hydrogens is 332 g/mol. The Kier molecular flexibility index (Phi) is 7.98. The average molecular weight is 353 g/mol. The quantitative estimate of drug-likeness (QED) is 0.752. The highest BCUT2D eigenvalue weighted by molar-refractivity contribution is 7.89. The van der Waals surface area contributed by atoms with Gasteiger partial charge in [-0.1, -0.05) is 54.6 Å². The molecule has 0 heterocycles. The Bertz CT molecular complexity index is 714. The summed E-state index contributed by atoms with van der Waals surface area (Å²) in [6.07, 6.45) is 5.00. The van der Waals surface area contributed by atoms with E-state index in [2.05, 4.69) is 29.6 Å². The molecule has 0 radical (unpaired) electrons. The second kappa shape index (κ2) is 9.47. The monoisotopic (exact) mass is 352 g/mol. The van der Waals surface area contributed by atoms with Gasteiger partial charge >= 0.3 is 0 Å². The van der Waals surface area contributed by atoms with Crippen molar-refractivity contribution in [2.24, 2.45) is 5.14 Å². The highest BCUT2D eigenvalue weighted by atomic mass is 35.5. The minimum absolute atomic E-state index is 0. The largest absolute Gasteiger partial charge is 0.313 e. The van der Waals surface area contributed by atoms with Gasteiger partial charge in [-0.15, -0.1) is 12.4 Å². The van der Waals surface area contributed by atoms with Gasteiger partial charge in [-0.2, -0.15) is 0 Å². The van der Waals surface area contributed by atoms with E-state index >= 15 is 0 Å². The Hall–Kier alpha value is -1.66. The minimum Gasteiger partial charge on any atom is -0.313 e. The number of hydrogen-bond acceptors (Lipinski definition) is 3. The number of hydrogen-bond donors (Lipinski definition) is 2. The predicted octanol–water partition coefficient (Wildman–Crippen LogP) is 2.60. The zero-order valence-corrected chi connectivity index (χ0v) is 14.3. The highest BCUT2D eigenvalue weighted by Gasteiger charge is 2.06. The molecule has 0 aromatic heterocycles. The highest BCUT2D eigenvalue weighted by Crippen LogP contribution is 2.08. The Morgan fingerprint density at radius 1 is 1.00 bits per heavy atom. The number of benzene rings is 2. The Morgan fingerprint density at radius 3 is 2.26 bits per heavy atom. The van der Waals surface area contributed by atoms with Crippen LogP contribution in [0, 0.1) is 0 Å². The summed E-state index contributed by atoms with van der Waals surface area (Å²) in [5.74, 6) is 0. The van der Waals surface area contributed by atoms with Gasteiger partial charge in [0.05, 0.1) is 4.90 Å². The van der Waals surface area contributed by atoms with E-state index in [9.17, 15) is 8.42 Å². The number of primary sulfonamides is 1. The van der Waals surface area contributed by atoms with Crippen LogP contribution in [0.4, 0.5) is 0 Å². The summed E-state index contributed by atoms with van der Waals surface area (Å²) < 4.78 is 22.3. The lowest BCUT2D eigenvalue weighted by Gasteiger charge is -2.04. The van der Waals surface area contributed by atoms with E-state index in [0.29, 0.717) is 0 Å². The maximum absolute atomic E-state index is 11.2. The molecule has 3 N–H and O–H groups in total. The lowest BCUT2D eigenvalue weighted by atomic mass is 10.1. The molecule has 124 valence electrons. The van der Waals surface area contributed by atoms with E-state index in [1.807, 2.05) is 18.2 Å². The van der Waals surface area contributed by atoms with Gasteiger partial charge in [-0.3, -0.25) is 0 Å². The second-order valence-corrected chi connectivity index (χ2v) is 6.52. The molecule has 4 nitrogen and oxygen atoms in total. The SMILES string of the molecule is Cl.NS(=O)(=O)c1ccc(CCNC/C=C/c2ccccc2)cc1. The van der Waals surface area contributed by atoms with Crippen LogP contribution in [0.5, 0.6) is 0 Å². The second-order valence-electron chi connectivity index (χ2n) is 4.96. The molecule has 0 amide bonds. The number of nitrogens with two attached hydrogens (primary N) is 1. The number of nitrogens with one attached hydrogen (secondary N) is 1. The van der Waals surface area contributed by atoms with Gasteiger partial charge in [0, 0.05) is 6.54 Å². The molecule has 2 aromatic carbocycles. The summed E-state index contributed by atoms with van der Waals surface area (Å²) in [5, 5.41) is 8.38. The third kappa shape index (κ3) is 6.97. The van der Waals surface area contributed by atoms with E-state index in [4.69, 9.17) is 5.14 Å². The molecule has 0 aliphatic heterocycles. The van der Waals surface area contributed by atoms with Crippen LogP contribution in [0.15, 0.2) is 65.6 Å². The fraction of sp³-hybridized carbons (Fsp3) is 0.176. The number of sulfonamides is 1. The van der Waals surface area contributed by atoms with Crippen LogP contribution in [0.2, 0.25) is 0 Å². The molecule has 0 spiro atoms. The van der Waals surface area contributed by atoms with E-state index < -0.39 is 10.0 Å². The van der Waals surface area contributed by atoms with Crippen molar-refractivity contribution in [1.29, 1.82) is 0 Å². The normalized spacial score (nSPS) is 11.3. The molecule has 0 bridgehead atoms. The molecular formula is C17H21ClN2O2S. The van der Waals surface area contributed by atoms with Crippen LogP contribution < -0.4 is 10.5 Å². The first-order chi connectivity index (χ1) is 10.6. The van der Waals surface area contributed by atoms with Crippen molar-refractivity contribution in [2.75, 3.05) is 13.1 Å². The Morgan fingerprint density at radius 2 is 1.65 bits per heavy atom. The van der Waals surface area contributed by atoms with Crippen LogP contribution in [0.1, 0.15) is 11.1 Å². The van der Waals surface area contributed by atoms with Crippen molar-refractivity contribution in [3.8, 4) is 0 Å². The molecule has 0 atom stereocenters. The zero-order chi connectivity index (χ0) is 15.8. The summed E-state index contributed by atoms with van der Waals surface area (Å²) >= 11 is 0. The molecule has 0 unspecified atom stereocenters. The van der Waals surface area contributed by atoms with Crippen LogP contribution in [-0.2, 0) is 16.4 Å². The molecule has 23 heavy (non-hydrogen) atoms. The predicted molar refractivity (Wildman–Crippen MR) is 97.1 cm³/mol. The summed E-state index contributed by atoms with van der Waals surface area (Å²) in [6.45, 7) is 1.62. The minimum atomic E-state index is -3.60. The Labute approximate surface area is 143 Å². The van der Waals surface area contributed by atoms with Gasteiger partial charge < -0.3 is 5.32 Å². The maximum Gasteiger partial charge on any atom is 0.238 e. The molecule has 0 fully saturated rings. The molecule has 2 aromatic rings. The Balaban J connectivity index is 0.00000264. The van der Waals surface area contributed by atoms with Gasteiger partial charge in [0.1, 0.15) is 0 Å². The van der Waals surface area contributed by atoms with Gasteiger partial charge in [0.25, 0.3) is 0 Å². The van der Waals surface area contributed by atoms with Crippen LogP contribution in [-0.4, -0.2) is 21.5 Å². The van der Waals surface area contributed by atoms with E-state index in [1.54, 1.807) is 24.3 Å². The molecule has 2 rings (SSSR count). The average Bonchev–Trinajstić information content (AvgIpc) is 2.51. The molecule has 6 heteroatoms. The van der Waals surface area contributed by atoms with Crippen molar-refractivity contribution < 1.29 is 8.42 Å². The van der Waals surface area contributed by atoms with E-state index in [-0.39, 0.29) is 17.3 Å². The van der Waals surface area contributed by atoms with E-state index in [0.717, 1.165) is 25.1 Å². The standard InChI is InChI=1S/C17H20N2O2S.ClH/c18-22(20,21)17-10-8-16(9-11-17)12-14-19-13-4-7-15-5-2-1-3-6-15;/h1-11,19H,12-14H2,(H2,18,20,21);1H/b7-4+;. The smallest absolute Gasteiger partial charge is 0.238 e. The molecule has 0 aliphatic carbocycles. The van der Waals surface area contributed by atoms with Gasteiger partial charge in [0.2, 0.25) is 10.0 Å². The van der Waals surface area contributed by atoms with Gasteiger partial charge in [-0.25, -0.2) is 13.6 Å². The summed E-state index contributed by atoms with van der Waals surface area (Å²) in [4.78, 5) is 0.148. The van der Waals surface area contributed by atoms with Crippen molar-refractivity contribution in [1.82, 2.24) is 5.32 Å². The summed E-state index contributed by atoms with van der Waals surface area (Å²) in [5.41, 5.74) is 2.26. The van der Waals surface area contributed by atoms with E-state index in [1.165, 1.54) is 5.56 Å².